The van der Waals surface area contributed by atoms with E-state index < -0.39 is 0 Å². The number of nitrogens with one attached hydrogen (secondary N) is 1. The maximum atomic E-state index is 12.7. The standard InChI is InChI=1S/C34H62N2O4/c1-7-8-9-18-36(5,6)19-10-17-35-31(40)14-11-23(2)26-12-13-27-32-28(22-30(39)34(26,27)4)33(3)16-15-25(37)20-24(33)21-29(32)38/h23-30,32,37-39H,7-22H2,1-6H3/p+1/t23-,24?,25-,26-,27?,28?,29-,30+,32?,33+,34-/m1/s1. The molecule has 0 heterocycles. The van der Waals surface area contributed by atoms with Gasteiger partial charge in [-0.15, -0.1) is 0 Å². The summed E-state index contributed by atoms with van der Waals surface area (Å²) < 4.78 is 1.02. The van der Waals surface area contributed by atoms with Gasteiger partial charge in [0.25, 0.3) is 0 Å². The zero-order valence-corrected chi connectivity index (χ0v) is 26.7. The van der Waals surface area contributed by atoms with Crippen LogP contribution in [0.25, 0.3) is 0 Å². The highest BCUT2D eigenvalue weighted by atomic mass is 16.3. The molecule has 4 aliphatic rings. The van der Waals surface area contributed by atoms with Gasteiger partial charge in [0, 0.05) is 19.4 Å². The number of quaternary nitrogens is 1. The zero-order chi connectivity index (χ0) is 29.3. The molecular formula is C34H63N2O4+. The van der Waals surface area contributed by atoms with Crippen LogP contribution in [-0.4, -0.2) is 77.8 Å². The van der Waals surface area contributed by atoms with Crippen LogP contribution in [0.3, 0.4) is 0 Å². The maximum absolute atomic E-state index is 12.7. The van der Waals surface area contributed by atoms with Gasteiger partial charge in [-0.25, -0.2) is 0 Å². The molecule has 40 heavy (non-hydrogen) atoms. The van der Waals surface area contributed by atoms with Crippen molar-refractivity contribution in [2.75, 3.05) is 33.7 Å². The lowest BCUT2D eigenvalue weighted by Crippen LogP contribution is -2.62. The van der Waals surface area contributed by atoms with E-state index in [4.69, 9.17) is 0 Å². The molecule has 6 heteroatoms. The molecule has 0 spiro atoms. The second kappa shape index (κ2) is 12.9. The maximum Gasteiger partial charge on any atom is 0.220 e. The minimum absolute atomic E-state index is 0.108. The molecule has 0 radical (unpaired) electrons. The third-order valence-corrected chi connectivity index (χ3v) is 13.0. The molecule has 4 saturated carbocycles. The van der Waals surface area contributed by atoms with Crippen molar-refractivity contribution in [3.8, 4) is 0 Å². The second-order valence-corrected chi connectivity index (χ2v) is 15.8. The Hall–Kier alpha value is -0.690. The van der Waals surface area contributed by atoms with Gasteiger partial charge in [0.15, 0.2) is 0 Å². The fourth-order valence-corrected chi connectivity index (χ4v) is 10.4. The van der Waals surface area contributed by atoms with Crippen LogP contribution in [-0.2, 0) is 4.79 Å². The van der Waals surface area contributed by atoms with Crippen LogP contribution < -0.4 is 5.32 Å². The third kappa shape index (κ3) is 6.45. The number of nitrogens with zero attached hydrogens (tertiary/aromatic N) is 1. The van der Waals surface area contributed by atoms with Gasteiger partial charge in [-0.05, 0) is 111 Å². The molecular weight excluding hydrogens is 500 g/mol. The number of unbranched alkanes of at least 4 members (excludes halogenated alkanes) is 2. The molecule has 232 valence electrons. The smallest absolute Gasteiger partial charge is 0.220 e. The first kappa shape index (κ1) is 32.2. The molecule has 4 unspecified atom stereocenters. The molecule has 0 aromatic carbocycles. The van der Waals surface area contributed by atoms with Crippen LogP contribution in [0.5, 0.6) is 0 Å². The number of rotatable bonds is 12. The summed E-state index contributed by atoms with van der Waals surface area (Å²) in [5, 5.41) is 36.8. The summed E-state index contributed by atoms with van der Waals surface area (Å²) in [6.07, 6.45) is 11.7. The number of carbonyl (C=O) groups is 1. The molecule has 6 nitrogen and oxygen atoms in total. The Labute approximate surface area is 245 Å². The second-order valence-electron chi connectivity index (χ2n) is 15.8. The molecule has 4 rings (SSSR count). The van der Waals surface area contributed by atoms with E-state index in [9.17, 15) is 20.1 Å². The molecule has 4 fully saturated rings. The summed E-state index contributed by atoms with van der Waals surface area (Å²) in [5.74, 6) is 2.18. The summed E-state index contributed by atoms with van der Waals surface area (Å²) in [6, 6.07) is 0. The van der Waals surface area contributed by atoms with Crippen LogP contribution in [0, 0.1) is 46.3 Å². The minimum atomic E-state index is -0.365. The molecule has 0 saturated heterocycles. The van der Waals surface area contributed by atoms with E-state index in [1.165, 1.54) is 25.8 Å². The van der Waals surface area contributed by atoms with Crippen LogP contribution in [0.1, 0.15) is 111 Å². The first-order valence-corrected chi connectivity index (χ1v) is 17.0. The average molecular weight is 564 g/mol. The molecule has 4 aliphatic carbocycles. The van der Waals surface area contributed by atoms with Crippen molar-refractivity contribution in [3.05, 3.63) is 0 Å². The van der Waals surface area contributed by atoms with Gasteiger partial charge < -0.3 is 25.1 Å². The fraction of sp³-hybridized carbons (Fsp3) is 0.971. The lowest BCUT2D eigenvalue weighted by Gasteiger charge is -2.63. The number of amides is 1. The third-order valence-electron chi connectivity index (χ3n) is 13.0. The van der Waals surface area contributed by atoms with Gasteiger partial charge in [0.1, 0.15) is 0 Å². The summed E-state index contributed by atoms with van der Waals surface area (Å²) in [7, 11) is 4.59. The Balaban J connectivity index is 1.29. The number of aliphatic hydroxyl groups excluding tert-OH is 3. The average Bonchev–Trinajstić information content (AvgIpc) is 3.25. The number of hydrogen-bond donors (Lipinski definition) is 4. The van der Waals surface area contributed by atoms with E-state index in [0.29, 0.717) is 36.0 Å². The molecule has 1 amide bonds. The van der Waals surface area contributed by atoms with E-state index in [1.807, 2.05) is 0 Å². The predicted octanol–water partition coefficient (Wildman–Crippen LogP) is 5.14. The van der Waals surface area contributed by atoms with Gasteiger partial charge >= 0.3 is 0 Å². The van der Waals surface area contributed by atoms with Gasteiger partial charge in [0.2, 0.25) is 5.91 Å². The zero-order valence-electron chi connectivity index (χ0n) is 26.7. The van der Waals surface area contributed by atoms with Gasteiger partial charge in [-0.3, -0.25) is 4.79 Å². The Bertz CT molecular complexity index is 850. The monoisotopic (exact) mass is 563 g/mol. The number of fused-ring (bicyclic) bond motifs is 5. The van der Waals surface area contributed by atoms with E-state index >= 15 is 0 Å². The van der Waals surface area contributed by atoms with Crippen LogP contribution in [0.15, 0.2) is 0 Å². The lowest BCUT2D eigenvalue weighted by atomic mass is 9.43. The summed E-state index contributed by atoms with van der Waals surface area (Å²) in [6.45, 7) is 12.3. The van der Waals surface area contributed by atoms with Crippen molar-refractivity contribution in [1.82, 2.24) is 5.32 Å². The van der Waals surface area contributed by atoms with Crippen molar-refractivity contribution in [1.29, 1.82) is 0 Å². The van der Waals surface area contributed by atoms with Crippen molar-refractivity contribution < 1.29 is 24.6 Å². The minimum Gasteiger partial charge on any atom is -0.393 e. The molecule has 0 aromatic rings. The van der Waals surface area contributed by atoms with Gasteiger partial charge in [-0.2, -0.15) is 0 Å². The molecule has 4 N–H and O–H groups in total. The molecule has 0 bridgehead atoms. The van der Waals surface area contributed by atoms with Crippen molar-refractivity contribution in [2.45, 2.75) is 129 Å². The highest BCUT2D eigenvalue weighted by molar-refractivity contribution is 5.75. The van der Waals surface area contributed by atoms with Crippen molar-refractivity contribution >= 4 is 5.91 Å². The van der Waals surface area contributed by atoms with Crippen molar-refractivity contribution in [3.63, 3.8) is 0 Å². The normalized spacial score (nSPS) is 42.0. The summed E-state index contributed by atoms with van der Waals surface area (Å²) >= 11 is 0. The molecule has 11 atom stereocenters. The Morgan fingerprint density at radius 1 is 0.975 bits per heavy atom. The summed E-state index contributed by atoms with van der Waals surface area (Å²) in [4.78, 5) is 12.7. The highest BCUT2D eigenvalue weighted by Gasteiger charge is 2.65. The molecule has 0 aromatic heterocycles. The van der Waals surface area contributed by atoms with Gasteiger partial charge in [0.05, 0.1) is 45.5 Å². The SMILES string of the molecule is CCCCC[N+](C)(C)CCCNC(=O)CC[C@@H](C)[C@H]1CCC2C3C(C[C@H](O)[C@@]21C)[C@@]1(C)CC[C@@H](O)CC1C[C@H]3O. The Kier molecular flexibility index (Phi) is 10.4. The topological polar surface area (TPSA) is 89.8 Å². The quantitative estimate of drug-likeness (QED) is 0.196. The first-order valence-electron chi connectivity index (χ1n) is 17.0. The lowest BCUT2D eigenvalue weighted by molar-refractivity contribution is -0.890. The van der Waals surface area contributed by atoms with Gasteiger partial charge in [-0.1, -0.05) is 34.1 Å². The number of carbonyl (C=O) groups excluding carboxylic acids is 1. The number of hydrogen-bond acceptors (Lipinski definition) is 4. The Morgan fingerprint density at radius 2 is 1.70 bits per heavy atom. The van der Waals surface area contributed by atoms with E-state index in [-0.39, 0.29) is 41.0 Å². The fourth-order valence-electron chi connectivity index (χ4n) is 10.4. The highest BCUT2D eigenvalue weighted by Crippen LogP contribution is 2.68. The number of aliphatic hydroxyl groups is 3. The molecule has 0 aliphatic heterocycles. The van der Waals surface area contributed by atoms with Crippen LogP contribution in [0.4, 0.5) is 0 Å². The van der Waals surface area contributed by atoms with Crippen molar-refractivity contribution in [2.24, 2.45) is 46.3 Å². The van der Waals surface area contributed by atoms with E-state index in [0.717, 1.165) is 75.4 Å². The Morgan fingerprint density at radius 3 is 2.42 bits per heavy atom. The summed E-state index contributed by atoms with van der Waals surface area (Å²) in [5.41, 5.74) is -0.0898. The predicted molar refractivity (Wildman–Crippen MR) is 161 cm³/mol. The largest absolute Gasteiger partial charge is 0.393 e. The van der Waals surface area contributed by atoms with E-state index in [2.05, 4.69) is 47.1 Å². The van der Waals surface area contributed by atoms with Crippen LogP contribution in [0.2, 0.25) is 0 Å². The van der Waals surface area contributed by atoms with Crippen LogP contribution >= 0.6 is 0 Å². The first-order chi connectivity index (χ1) is 18.8. The van der Waals surface area contributed by atoms with E-state index in [1.54, 1.807) is 0 Å².